The summed E-state index contributed by atoms with van der Waals surface area (Å²) in [7, 11) is 0. The Balaban J connectivity index is 1.99. The van der Waals surface area contributed by atoms with E-state index in [1.807, 2.05) is 0 Å². The maximum Gasteiger partial charge on any atom is 0.0400 e. The second-order valence-corrected chi connectivity index (χ2v) is 5.98. The Bertz CT molecular complexity index is 466. The highest BCUT2D eigenvalue weighted by Crippen LogP contribution is 2.14. The number of nitrogens with one attached hydrogen (secondary N) is 1. The molecule has 3 heteroatoms. The van der Waals surface area contributed by atoms with E-state index < -0.39 is 0 Å². The predicted octanol–water partition coefficient (Wildman–Crippen LogP) is 4.51. The molecule has 0 aliphatic carbocycles. The van der Waals surface area contributed by atoms with E-state index in [4.69, 9.17) is 0 Å². The molecule has 2 aromatic carbocycles. The Hall–Kier alpha value is -0.300. The van der Waals surface area contributed by atoms with Crippen molar-refractivity contribution in [3.8, 4) is 0 Å². The minimum Gasteiger partial charge on any atom is -0.381 e. The lowest BCUT2D eigenvalue weighted by Crippen LogP contribution is -1.99. The monoisotopic (exact) mass is 435 g/mol. The van der Waals surface area contributed by atoms with E-state index in [9.17, 15) is 0 Å². The average molecular weight is 435 g/mol. The van der Waals surface area contributed by atoms with Crippen molar-refractivity contribution in [1.29, 1.82) is 0 Å². The van der Waals surface area contributed by atoms with E-state index >= 15 is 0 Å². The Morgan fingerprint density at radius 1 is 0.875 bits per heavy atom. The molecule has 16 heavy (non-hydrogen) atoms. The van der Waals surface area contributed by atoms with Gasteiger partial charge in [0.1, 0.15) is 0 Å². The molecule has 1 N–H and O–H groups in total. The lowest BCUT2D eigenvalue weighted by Gasteiger charge is -2.06. The molecule has 0 spiro atoms. The van der Waals surface area contributed by atoms with Gasteiger partial charge in [-0.3, -0.25) is 0 Å². The van der Waals surface area contributed by atoms with E-state index in [2.05, 4.69) is 99.0 Å². The number of hydrogen-bond donors (Lipinski definition) is 1. The van der Waals surface area contributed by atoms with Crippen LogP contribution in [0.25, 0.3) is 0 Å². The van der Waals surface area contributed by atoms with Crippen LogP contribution in [0.2, 0.25) is 0 Å². The number of anilines is 1. The fourth-order valence-corrected chi connectivity index (χ4v) is 2.31. The topological polar surface area (TPSA) is 12.0 Å². The molecule has 0 unspecified atom stereocenters. The summed E-state index contributed by atoms with van der Waals surface area (Å²) in [5.74, 6) is 0. The summed E-state index contributed by atoms with van der Waals surface area (Å²) >= 11 is 4.64. The maximum atomic E-state index is 3.41. The van der Waals surface area contributed by atoms with Crippen LogP contribution in [-0.2, 0) is 6.54 Å². The van der Waals surface area contributed by atoms with Gasteiger partial charge in [0.25, 0.3) is 0 Å². The van der Waals surface area contributed by atoms with Crippen molar-refractivity contribution in [2.75, 3.05) is 5.32 Å². The van der Waals surface area contributed by atoms with Gasteiger partial charge in [0.15, 0.2) is 0 Å². The fourth-order valence-electron chi connectivity index (χ4n) is 1.40. The van der Waals surface area contributed by atoms with Crippen LogP contribution in [0.4, 0.5) is 5.69 Å². The van der Waals surface area contributed by atoms with Crippen LogP contribution in [0.5, 0.6) is 0 Å². The highest BCUT2D eigenvalue weighted by atomic mass is 127. The van der Waals surface area contributed by atoms with Crippen LogP contribution < -0.4 is 5.32 Å². The summed E-state index contributed by atoms with van der Waals surface area (Å²) in [5.41, 5.74) is 2.48. The largest absolute Gasteiger partial charge is 0.381 e. The summed E-state index contributed by atoms with van der Waals surface area (Å²) in [6.45, 7) is 0.872. The van der Waals surface area contributed by atoms with Crippen LogP contribution in [0.3, 0.4) is 0 Å². The van der Waals surface area contributed by atoms with Crippen molar-refractivity contribution in [2.24, 2.45) is 0 Å². The first kappa shape index (κ1) is 12.2. The van der Waals surface area contributed by atoms with E-state index in [-0.39, 0.29) is 0 Å². The number of halogens is 2. The molecule has 1 nitrogen and oxygen atoms in total. The van der Waals surface area contributed by atoms with Crippen LogP contribution in [-0.4, -0.2) is 0 Å². The van der Waals surface area contributed by atoms with Crippen LogP contribution in [0.15, 0.2) is 48.5 Å². The first-order valence-electron chi connectivity index (χ1n) is 4.98. The molecule has 0 heterocycles. The van der Waals surface area contributed by atoms with Crippen molar-refractivity contribution in [1.82, 2.24) is 0 Å². The summed E-state index contributed by atoms with van der Waals surface area (Å²) in [6, 6.07) is 17.0. The van der Waals surface area contributed by atoms with Gasteiger partial charge in [-0.15, -0.1) is 0 Å². The van der Waals surface area contributed by atoms with Gasteiger partial charge in [0.05, 0.1) is 0 Å². The minimum atomic E-state index is 0.872. The van der Waals surface area contributed by atoms with E-state index in [1.54, 1.807) is 0 Å². The van der Waals surface area contributed by atoms with E-state index in [1.165, 1.54) is 18.4 Å². The normalized spacial score (nSPS) is 10.1. The van der Waals surface area contributed by atoms with Gasteiger partial charge in [-0.2, -0.15) is 0 Å². The van der Waals surface area contributed by atoms with Gasteiger partial charge in [-0.25, -0.2) is 0 Å². The number of hydrogen-bond acceptors (Lipinski definition) is 1. The zero-order chi connectivity index (χ0) is 11.4. The van der Waals surface area contributed by atoms with Crippen molar-refractivity contribution in [2.45, 2.75) is 6.54 Å². The molecule has 2 rings (SSSR count). The predicted molar refractivity (Wildman–Crippen MR) is 85.6 cm³/mol. The smallest absolute Gasteiger partial charge is 0.0400 e. The zero-order valence-corrected chi connectivity index (χ0v) is 12.9. The Labute approximate surface area is 123 Å². The molecule has 0 bridgehead atoms. The molecule has 0 atom stereocenters. The van der Waals surface area contributed by atoms with Crippen molar-refractivity contribution in [3.05, 3.63) is 61.2 Å². The fraction of sp³-hybridized carbons (Fsp3) is 0.0769. The van der Waals surface area contributed by atoms with Crippen molar-refractivity contribution >= 4 is 50.9 Å². The summed E-state index contributed by atoms with van der Waals surface area (Å²) in [6.07, 6.45) is 0. The molecule has 0 amide bonds. The van der Waals surface area contributed by atoms with Crippen LogP contribution in [0.1, 0.15) is 5.56 Å². The van der Waals surface area contributed by atoms with Gasteiger partial charge < -0.3 is 5.32 Å². The van der Waals surface area contributed by atoms with Gasteiger partial charge in [0.2, 0.25) is 0 Å². The number of rotatable bonds is 3. The highest BCUT2D eigenvalue weighted by Gasteiger charge is 1.95. The van der Waals surface area contributed by atoms with Crippen molar-refractivity contribution < 1.29 is 0 Å². The molecule has 0 saturated heterocycles. The summed E-state index contributed by atoms with van der Waals surface area (Å²) in [4.78, 5) is 0. The lowest BCUT2D eigenvalue weighted by atomic mass is 10.2. The zero-order valence-electron chi connectivity index (χ0n) is 8.58. The molecule has 0 fully saturated rings. The standard InChI is InChI=1S/C13H11I2N/c14-11-6-4-10(5-7-11)9-16-13-3-1-2-12(15)8-13/h1-8,16H,9H2. The number of benzene rings is 2. The molecule has 0 radical (unpaired) electrons. The second kappa shape index (κ2) is 5.86. The highest BCUT2D eigenvalue weighted by molar-refractivity contribution is 14.1. The van der Waals surface area contributed by atoms with E-state index in [0.717, 1.165) is 6.54 Å². The third-order valence-corrected chi connectivity index (χ3v) is 3.62. The molecule has 0 saturated carbocycles. The third-order valence-electron chi connectivity index (χ3n) is 2.23. The Kier molecular flexibility index (Phi) is 4.45. The maximum absolute atomic E-state index is 3.41. The summed E-state index contributed by atoms with van der Waals surface area (Å²) < 4.78 is 2.53. The second-order valence-electron chi connectivity index (χ2n) is 3.49. The lowest BCUT2D eigenvalue weighted by molar-refractivity contribution is 1.15. The molecule has 0 aliphatic heterocycles. The van der Waals surface area contributed by atoms with Gasteiger partial charge >= 0.3 is 0 Å². The minimum absolute atomic E-state index is 0.872. The molecule has 82 valence electrons. The third kappa shape index (κ3) is 3.62. The first-order valence-corrected chi connectivity index (χ1v) is 7.14. The Morgan fingerprint density at radius 2 is 1.62 bits per heavy atom. The quantitative estimate of drug-likeness (QED) is 0.701. The average Bonchev–Trinajstić information content (AvgIpc) is 2.28. The van der Waals surface area contributed by atoms with Gasteiger partial charge in [-0.05, 0) is 81.1 Å². The van der Waals surface area contributed by atoms with E-state index in [0.29, 0.717) is 0 Å². The van der Waals surface area contributed by atoms with Crippen molar-refractivity contribution in [3.63, 3.8) is 0 Å². The molecular weight excluding hydrogens is 424 g/mol. The van der Waals surface area contributed by atoms with Crippen LogP contribution >= 0.6 is 45.2 Å². The summed E-state index contributed by atoms with van der Waals surface area (Å²) in [5, 5.41) is 3.41. The SMILES string of the molecule is Ic1ccc(CNc2cccc(I)c2)cc1. The van der Waals surface area contributed by atoms with Gasteiger partial charge in [0, 0.05) is 19.4 Å². The first-order chi connectivity index (χ1) is 7.74. The molecule has 0 aliphatic rings. The molecule has 0 aromatic heterocycles. The molecule has 2 aromatic rings. The molecular formula is C13H11I2N. The van der Waals surface area contributed by atoms with Crippen LogP contribution in [0, 0.1) is 7.14 Å². The Morgan fingerprint density at radius 3 is 2.31 bits per heavy atom. The van der Waals surface area contributed by atoms with Gasteiger partial charge in [-0.1, -0.05) is 18.2 Å².